The number of nitrogens with two attached hydrogens (primary N) is 1. The molecule has 24 heavy (non-hydrogen) atoms. The first-order valence-corrected chi connectivity index (χ1v) is 7.92. The summed E-state index contributed by atoms with van der Waals surface area (Å²) in [5, 5.41) is 3.30. The van der Waals surface area contributed by atoms with E-state index in [4.69, 9.17) is 22.1 Å². The van der Waals surface area contributed by atoms with Crippen molar-refractivity contribution in [2.45, 2.75) is 26.4 Å². The Kier molecular flexibility index (Phi) is 5.82. The number of hydrogen-bond acceptors (Lipinski definition) is 4. The van der Waals surface area contributed by atoms with Gasteiger partial charge in [0.05, 0.1) is 5.56 Å². The van der Waals surface area contributed by atoms with E-state index in [0.717, 1.165) is 5.56 Å². The van der Waals surface area contributed by atoms with Crippen molar-refractivity contribution in [1.29, 1.82) is 0 Å². The van der Waals surface area contributed by atoms with Crippen molar-refractivity contribution in [2.75, 3.05) is 11.1 Å². The van der Waals surface area contributed by atoms with Crippen molar-refractivity contribution in [3.8, 4) is 0 Å². The van der Waals surface area contributed by atoms with Gasteiger partial charge in [0.15, 0.2) is 6.10 Å². The maximum atomic E-state index is 12.4. The van der Waals surface area contributed by atoms with Gasteiger partial charge in [-0.15, -0.1) is 0 Å². The normalized spacial score (nSPS) is 11.6. The number of nitrogens with one attached hydrogen (secondary N) is 1. The monoisotopic (exact) mass is 346 g/mol. The number of ether oxygens (including phenoxy) is 1. The van der Waals surface area contributed by atoms with Crippen LogP contribution in [0.5, 0.6) is 0 Å². The van der Waals surface area contributed by atoms with Gasteiger partial charge < -0.3 is 15.8 Å². The summed E-state index contributed by atoms with van der Waals surface area (Å²) in [6.45, 7) is 3.57. The molecule has 126 valence electrons. The maximum absolute atomic E-state index is 12.4. The lowest BCUT2D eigenvalue weighted by Crippen LogP contribution is -2.32. The molecule has 5 nitrogen and oxygen atoms in total. The quantitative estimate of drug-likeness (QED) is 0.637. The van der Waals surface area contributed by atoms with Crippen LogP contribution in [-0.4, -0.2) is 18.0 Å². The molecule has 0 aliphatic carbocycles. The predicted molar refractivity (Wildman–Crippen MR) is 95.2 cm³/mol. The molecule has 2 aromatic rings. The van der Waals surface area contributed by atoms with Gasteiger partial charge in [0.1, 0.15) is 0 Å². The molecule has 0 saturated carbocycles. The van der Waals surface area contributed by atoms with Gasteiger partial charge >= 0.3 is 5.97 Å². The van der Waals surface area contributed by atoms with Gasteiger partial charge in [-0.2, -0.15) is 0 Å². The molecule has 0 spiro atoms. The Labute approximate surface area is 145 Å². The van der Waals surface area contributed by atoms with E-state index in [1.165, 1.54) is 0 Å². The average Bonchev–Trinajstić information content (AvgIpc) is 2.57. The van der Waals surface area contributed by atoms with Crippen LogP contribution in [0.1, 0.15) is 29.3 Å². The third-order valence-corrected chi connectivity index (χ3v) is 3.99. The Bertz CT molecular complexity index is 744. The van der Waals surface area contributed by atoms with Gasteiger partial charge in [0.2, 0.25) is 0 Å². The third kappa shape index (κ3) is 4.26. The number of amides is 1. The molecule has 2 aromatic carbocycles. The van der Waals surface area contributed by atoms with Gasteiger partial charge in [-0.05, 0) is 55.3 Å². The summed E-state index contributed by atoms with van der Waals surface area (Å²) < 4.78 is 5.30. The standard InChI is InChI=1S/C18H19ClN2O3/c1-3-16(24-18(23)12-7-9-13(20)10-8-12)17(22)21-15-6-4-5-14(19)11(15)2/h4-10,16H,3,20H2,1-2H3,(H,21,22). The lowest BCUT2D eigenvalue weighted by Gasteiger charge is -2.17. The van der Waals surface area contributed by atoms with Crippen LogP contribution in [0, 0.1) is 6.92 Å². The highest BCUT2D eigenvalue weighted by atomic mass is 35.5. The molecule has 0 aromatic heterocycles. The Morgan fingerprint density at radius 3 is 2.50 bits per heavy atom. The van der Waals surface area contributed by atoms with Gasteiger partial charge in [-0.1, -0.05) is 24.6 Å². The summed E-state index contributed by atoms with van der Waals surface area (Å²) in [5.74, 6) is -0.966. The molecular weight excluding hydrogens is 328 g/mol. The van der Waals surface area contributed by atoms with Crippen LogP contribution >= 0.6 is 11.6 Å². The van der Waals surface area contributed by atoms with Gasteiger partial charge in [-0.25, -0.2) is 4.79 Å². The molecule has 6 heteroatoms. The Balaban J connectivity index is 2.07. The second kappa shape index (κ2) is 7.84. The number of nitrogen functional groups attached to an aromatic ring is 1. The molecule has 0 bridgehead atoms. The van der Waals surface area contributed by atoms with Gasteiger partial charge in [0, 0.05) is 16.4 Å². The first-order chi connectivity index (χ1) is 11.4. The first-order valence-electron chi connectivity index (χ1n) is 7.55. The lowest BCUT2D eigenvalue weighted by atomic mass is 10.1. The molecule has 0 aliphatic heterocycles. The zero-order valence-corrected chi connectivity index (χ0v) is 14.3. The van der Waals surface area contributed by atoms with Crippen LogP contribution in [-0.2, 0) is 9.53 Å². The molecule has 0 aliphatic rings. The van der Waals surface area contributed by atoms with E-state index in [2.05, 4.69) is 5.32 Å². The fraction of sp³-hybridized carbons (Fsp3) is 0.222. The number of anilines is 2. The fourth-order valence-corrected chi connectivity index (χ4v) is 2.27. The van der Waals surface area contributed by atoms with Crippen LogP contribution in [0.25, 0.3) is 0 Å². The minimum atomic E-state index is -0.895. The summed E-state index contributed by atoms with van der Waals surface area (Å²) in [6, 6.07) is 11.6. The maximum Gasteiger partial charge on any atom is 0.338 e. The van der Waals surface area contributed by atoms with Crippen molar-refractivity contribution in [1.82, 2.24) is 0 Å². The van der Waals surface area contributed by atoms with E-state index in [0.29, 0.717) is 28.4 Å². The third-order valence-electron chi connectivity index (χ3n) is 3.58. The molecule has 0 heterocycles. The van der Waals surface area contributed by atoms with E-state index in [1.54, 1.807) is 56.3 Å². The van der Waals surface area contributed by atoms with Crippen LogP contribution in [0.15, 0.2) is 42.5 Å². The van der Waals surface area contributed by atoms with E-state index in [1.807, 2.05) is 0 Å². The zero-order valence-electron chi connectivity index (χ0n) is 13.5. The SMILES string of the molecule is CCC(OC(=O)c1ccc(N)cc1)C(=O)Nc1cccc(Cl)c1C. The van der Waals surface area contributed by atoms with Crippen molar-refractivity contribution in [3.63, 3.8) is 0 Å². The molecule has 1 amide bonds. The van der Waals surface area contributed by atoms with Crippen LogP contribution in [0.4, 0.5) is 11.4 Å². The van der Waals surface area contributed by atoms with Crippen LogP contribution in [0.2, 0.25) is 5.02 Å². The molecule has 0 saturated heterocycles. The smallest absolute Gasteiger partial charge is 0.338 e. The number of halogens is 1. The second-order valence-corrected chi connectivity index (χ2v) is 5.73. The second-order valence-electron chi connectivity index (χ2n) is 5.33. The minimum Gasteiger partial charge on any atom is -0.449 e. The summed E-state index contributed by atoms with van der Waals surface area (Å²) in [5.41, 5.74) is 7.83. The number of carbonyl (C=O) groups excluding carboxylic acids is 2. The van der Waals surface area contributed by atoms with Crippen molar-refractivity contribution in [3.05, 3.63) is 58.6 Å². The van der Waals surface area contributed by atoms with E-state index in [9.17, 15) is 9.59 Å². The molecule has 1 atom stereocenters. The van der Waals surface area contributed by atoms with Crippen LogP contribution in [0.3, 0.4) is 0 Å². The molecule has 1 unspecified atom stereocenters. The highest BCUT2D eigenvalue weighted by Gasteiger charge is 2.22. The highest BCUT2D eigenvalue weighted by molar-refractivity contribution is 6.31. The molecule has 2 rings (SSSR count). The summed E-state index contributed by atoms with van der Waals surface area (Å²) >= 11 is 6.04. The van der Waals surface area contributed by atoms with E-state index in [-0.39, 0.29) is 0 Å². The Morgan fingerprint density at radius 2 is 1.88 bits per heavy atom. The highest BCUT2D eigenvalue weighted by Crippen LogP contribution is 2.23. The van der Waals surface area contributed by atoms with Crippen molar-refractivity contribution < 1.29 is 14.3 Å². The van der Waals surface area contributed by atoms with E-state index >= 15 is 0 Å². The molecule has 0 fully saturated rings. The number of esters is 1. The van der Waals surface area contributed by atoms with E-state index < -0.39 is 18.0 Å². The number of hydrogen-bond donors (Lipinski definition) is 2. The van der Waals surface area contributed by atoms with Crippen molar-refractivity contribution in [2.24, 2.45) is 0 Å². The predicted octanol–water partition coefficient (Wildman–Crippen LogP) is 3.80. The summed E-state index contributed by atoms with van der Waals surface area (Å²) in [4.78, 5) is 24.5. The summed E-state index contributed by atoms with van der Waals surface area (Å²) in [7, 11) is 0. The minimum absolute atomic E-state index is 0.342. The average molecular weight is 347 g/mol. The lowest BCUT2D eigenvalue weighted by molar-refractivity contribution is -0.124. The van der Waals surface area contributed by atoms with Gasteiger partial charge in [0.25, 0.3) is 5.91 Å². The van der Waals surface area contributed by atoms with Gasteiger partial charge in [-0.3, -0.25) is 4.79 Å². The number of benzene rings is 2. The van der Waals surface area contributed by atoms with Crippen LogP contribution < -0.4 is 11.1 Å². The Hall–Kier alpha value is -2.53. The molecular formula is C18H19ClN2O3. The Morgan fingerprint density at radius 1 is 1.21 bits per heavy atom. The zero-order chi connectivity index (χ0) is 17.7. The fourth-order valence-electron chi connectivity index (χ4n) is 2.09. The number of carbonyl (C=O) groups is 2. The summed E-state index contributed by atoms with van der Waals surface area (Å²) in [6.07, 6.45) is -0.542. The topological polar surface area (TPSA) is 81.4 Å². The number of rotatable bonds is 5. The molecule has 3 N–H and O–H groups in total. The largest absolute Gasteiger partial charge is 0.449 e. The van der Waals surface area contributed by atoms with Crippen molar-refractivity contribution >= 4 is 34.9 Å². The first kappa shape index (κ1) is 17.8. The molecule has 0 radical (unpaired) electrons.